The van der Waals surface area contributed by atoms with Gasteiger partial charge in [0.2, 0.25) is 0 Å². The molecule has 3 nitrogen and oxygen atoms in total. The molecule has 0 saturated carbocycles. The van der Waals surface area contributed by atoms with E-state index in [1.807, 2.05) is 20.9 Å². The lowest BCUT2D eigenvalue weighted by molar-refractivity contribution is -0.139. The fourth-order valence-corrected chi connectivity index (χ4v) is 2.31. The molecule has 0 aliphatic carbocycles. The molecular formula is C16H25NO2. The predicted octanol–water partition coefficient (Wildman–Crippen LogP) is 3.75. The normalized spacial score (nSPS) is 11.7. The molecule has 19 heavy (non-hydrogen) atoms. The minimum absolute atomic E-state index is 0.182. The van der Waals surface area contributed by atoms with E-state index in [0.717, 1.165) is 12.2 Å². The largest absolute Gasteiger partial charge is 0.481 e. The van der Waals surface area contributed by atoms with Gasteiger partial charge in [0.05, 0.1) is 6.42 Å². The van der Waals surface area contributed by atoms with Gasteiger partial charge in [-0.1, -0.05) is 39.8 Å². The monoisotopic (exact) mass is 263 g/mol. The number of hydrogen-bond acceptors (Lipinski definition) is 2. The van der Waals surface area contributed by atoms with Crippen LogP contribution < -0.4 is 4.90 Å². The van der Waals surface area contributed by atoms with E-state index < -0.39 is 5.97 Å². The first kappa shape index (κ1) is 15.5. The first-order chi connectivity index (χ1) is 8.71. The molecule has 3 heteroatoms. The Balaban J connectivity index is 2.72. The van der Waals surface area contributed by atoms with Gasteiger partial charge in [-0.3, -0.25) is 4.79 Å². The van der Waals surface area contributed by atoms with Crippen LogP contribution in [-0.2, 0) is 4.79 Å². The van der Waals surface area contributed by atoms with E-state index in [2.05, 4.69) is 43.0 Å². The summed E-state index contributed by atoms with van der Waals surface area (Å²) in [6.45, 7) is 9.05. The maximum absolute atomic E-state index is 10.8. The summed E-state index contributed by atoms with van der Waals surface area (Å²) in [6.07, 6.45) is 0.182. The standard InChI is InChI=1S/C16H25NO2/c1-12(2)13-6-8-14(9-7-13)17(5)11-16(3,4)10-15(18)19/h6-9,12H,10-11H2,1-5H3,(H,18,19). The highest BCUT2D eigenvalue weighted by atomic mass is 16.4. The number of anilines is 1. The zero-order chi connectivity index (χ0) is 14.6. The summed E-state index contributed by atoms with van der Waals surface area (Å²) < 4.78 is 0. The number of aliphatic carboxylic acids is 1. The number of carbonyl (C=O) groups is 1. The molecule has 0 aliphatic heterocycles. The lowest BCUT2D eigenvalue weighted by Gasteiger charge is -2.30. The molecule has 0 aliphatic rings. The van der Waals surface area contributed by atoms with Crippen molar-refractivity contribution in [1.29, 1.82) is 0 Å². The molecule has 0 aromatic heterocycles. The molecule has 0 heterocycles. The van der Waals surface area contributed by atoms with E-state index in [0.29, 0.717) is 5.92 Å². The maximum atomic E-state index is 10.8. The molecule has 0 spiro atoms. The van der Waals surface area contributed by atoms with Crippen molar-refractivity contribution < 1.29 is 9.90 Å². The van der Waals surface area contributed by atoms with Crippen LogP contribution in [0.1, 0.15) is 45.6 Å². The van der Waals surface area contributed by atoms with Gasteiger partial charge in [-0.2, -0.15) is 0 Å². The predicted molar refractivity (Wildman–Crippen MR) is 79.8 cm³/mol. The molecule has 0 bridgehead atoms. The highest BCUT2D eigenvalue weighted by molar-refractivity contribution is 5.67. The molecule has 1 N–H and O–H groups in total. The van der Waals surface area contributed by atoms with Crippen LogP contribution in [0.15, 0.2) is 24.3 Å². The Morgan fingerprint density at radius 1 is 1.26 bits per heavy atom. The quantitative estimate of drug-likeness (QED) is 0.849. The molecule has 106 valence electrons. The van der Waals surface area contributed by atoms with Gasteiger partial charge in [0.1, 0.15) is 0 Å². The molecular weight excluding hydrogens is 238 g/mol. The van der Waals surface area contributed by atoms with Crippen molar-refractivity contribution in [2.24, 2.45) is 5.41 Å². The number of carboxylic acids is 1. The molecule has 1 aromatic carbocycles. The van der Waals surface area contributed by atoms with E-state index in [-0.39, 0.29) is 11.8 Å². The van der Waals surface area contributed by atoms with Crippen LogP contribution in [0, 0.1) is 5.41 Å². The fourth-order valence-electron chi connectivity index (χ4n) is 2.31. The Kier molecular flexibility index (Phi) is 4.98. The van der Waals surface area contributed by atoms with Crippen LogP contribution >= 0.6 is 0 Å². The van der Waals surface area contributed by atoms with Gasteiger partial charge in [-0.25, -0.2) is 0 Å². The minimum Gasteiger partial charge on any atom is -0.481 e. The zero-order valence-corrected chi connectivity index (χ0v) is 12.6. The third kappa shape index (κ3) is 4.93. The second-order valence-corrected chi connectivity index (χ2v) is 6.34. The third-order valence-corrected chi connectivity index (χ3v) is 3.30. The molecule has 1 aromatic rings. The van der Waals surface area contributed by atoms with Crippen LogP contribution in [0.4, 0.5) is 5.69 Å². The summed E-state index contributed by atoms with van der Waals surface area (Å²) in [5.41, 5.74) is 2.21. The van der Waals surface area contributed by atoms with Gasteiger partial charge >= 0.3 is 5.97 Å². The number of nitrogens with zero attached hydrogens (tertiary/aromatic N) is 1. The van der Waals surface area contributed by atoms with Crippen LogP contribution in [0.25, 0.3) is 0 Å². The van der Waals surface area contributed by atoms with Gasteiger partial charge in [-0.05, 0) is 29.0 Å². The van der Waals surface area contributed by atoms with Gasteiger partial charge in [0.15, 0.2) is 0 Å². The number of benzene rings is 1. The smallest absolute Gasteiger partial charge is 0.303 e. The van der Waals surface area contributed by atoms with Crippen LogP contribution in [0.2, 0.25) is 0 Å². The van der Waals surface area contributed by atoms with Crippen molar-refractivity contribution in [2.75, 3.05) is 18.5 Å². The number of carboxylic acid groups (broad SMARTS) is 1. The van der Waals surface area contributed by atoms with Gasteiger partial charge in [0, 0.05) is 19.3 Å². The van der Waals surface area contributed by atoms with Crippen molar-refractivity contribution >= 4 is 11.7 Å². The highest BCUT2D eigenvalue weighted by Gasteiger charge is 2.23. The van der Waals surface area contributed by atoms with Crippen molar-refractivity contribution in [2.45, 2.75) is 40.0 Å². The van der Waals surface area contributed by atoms with Crippen molar-refractivity contribution in [1.82, 2.24) is 0 Å². The second kappa shape index (κ2) is 6.09. The van der Waals surface area contributed by atoms with E-state index >= 15 is 0 Å². The lowest BCUT2D eigenvalue weighted by Crippen LogP contribution is -2.33. The van der Waals surface area contributed by atoms with Crippen molar-refractivity contribution in [3.05, 3.63) is 29.8 Å². The lowest BCUT2D eigenvalue weighted by atomic mass is 9.88. The molecule has 0 amide bonds. The molecule has 0 atom stereocenters. The Morgan fingerprint density at radius 3 is 2.21 bits per heavy atom. The summed E-state index contributed by atoms with van der Waals surface area (Å²) in [7, 11) is 2.01. The first-order valence-electron chi connectivity index (χ1n) is 6.74. The van der Waals surface area contributed by atoms with Gasteiger partial charge in [-0.15, -0.1) is 0 Å². The minimum atomic E-state index is -0.742. The van der Waals surface area contributed by atoms with Crippen molar-refractivity contribution in [3.8, 4) is 0 Å². The van der Waals surface area contributed by atoms with Crippen molar-refractivity contribution in [3.63, 3.8) is 0 Å². The number of hydrogen-bond donors (Lipinski definition) is 1. The van der Waals surface area contributed by atoms with Crippen LogP contribution in [0.3, 0.4) is 0 Å². The molecule has 0 radical (unpaired) electrons. The topological polar surface area (TPSA) is 40.5 Å². The molecule has 0 saturated heterocycles. The Bertz CT molecular complexity index is 421. The van der Waals surface area contributed by atoms with Gasteiger partial charge < -0.3 is 10.0 Å². The van der Waals surface area contributed by atoms with Crippen LogP contribution in [-0.4, -0.2) is 24.7 Å². The second-order valence-electron chi connectivity index (χ2n) is 6.34. The summed E-state index contributed by atoms with van der Waals surface area (Å²) in [5, 5.41) is 8.91. The SMILES string of the molecule is CC(C)c1ccc(N(C)CC(C)(C)CC(=O)O)cc1. The van der Waals surface area contributed by atoms with Gasteiger partial charge in [0.25, 0.3) is 0 Å². The van der Waals surface area contributed by atoms with E-state index in [1.165, 1.54) is 5.56 Å². The summed E-state index contributed by atoms with van der Waals surface area (Å²) in [6, 6.07) is 8.49. The average molecular weight is 263 g/mol. The first-order valence-corrected chi connectivity index (χ1v) is 6.74. The summed E-state index contributed by atoms with van der Waals surface area (Å²) >= 11 is 0. The Morgan fingerprint density at radius 2 is 1.79 bits per heavy atom. The number of rotatable bonds is 6. The van der Waals surface area contributed by atoms with Crippen LogP contribution in [0.5, 0.6) is 0 Å². The average Bonchev–Trinajstić information content (AvgIpc) is 2.26. The highest BCUT2D eigenvalue weighted by Crippen LogP contribution is 2.25. The molecule has 1 rings (SSSR count). The third-order valence-electron chi connectivity index (χ3n) is 3.30. The summed E-state index contributed by atoms with van der Waals surface area (Å²) in [5.74, 6) is -0.212. The molecule has 0 fully saturated rings. The van der Waals surface area contributed by atoms with E-state index in [1.54, 1.807) is 0 Å². The van der Waals surface area contributed by atoms with E-state index in [9.17, 15) is 4.79 Å². The Hall–Kier alpha value is -1.51. The van der Waals surface area contributed by atoms with E-state index in [4.69, 9.17) is 5.11 Å². The summed E-state index contributed by atoms with van der Waals surface area (Å²) in [4.78, 5) is 13.0. The molecule has 0 unspecified atom stereocenters. The fraction of sp³-hybridized carbons (Fsp3) is 0.562. The maximum Gasteiger partial charge on any atom is 0.303 e. The zero-order valence-electron chi connectivity index (χ0n) is 12.6. The Labute approximate surface area is 116 Å².